The van der Waals surface area contributed by atoms with Gasteiger partial charge in [0.15, 0.2) is 11.5 Å². The van der Waals surface area contributed by atoms with Crippen molar-refractivity contribution in [3.8, 4) is 11.5 Å². The minimum Gasteiger partial charge on any atom is -0.490 e. The molecule has 35 heavy (non-hydrogen) atoms. The summed E-state index contributed by atoms with van der Waals surface area (Å²) in [4.78, 5) is 38.2. The number of rotatable bonds is 9. The Balaban J connectivity index is 1.71. The van der Waals surface area contributed by atoms with Crippen LogP contribution in [0.2, 0.25) is 0 Å². The first-order chi connectivity index (χ1) is 16.6. The van der Waals surface area contributed by atoms with Gasteiger partial charge in [-0.15, -0.1) is 0 Å². The number of benzene rings is 2. The SMILES string of the molecule is C=CCOc1ccc(/C=C2\SC(=O)N(CC(=O)Nc3cccc(C(F)(F)F)c3)C2=O)cc1OCC. The number of nitrogens with one attached hydrogen (secondary N) is 1. The Labute approximate surface area is 203 Å². The van der Waals surface area contributed by atoms with Gasteiger partial charge in [-0.1, -0.05) is 24.8 Å². The fourth-order valence-electron chi connectivity index (χ4n) is 3.06. The highest BCUT2D eigenvalue weighted by Gasteiger charge is 2.36. The van der Waals surface area contributed by atoms with E-state index in [0.717, 1.165) is 23.1 Å². The van der Waals surface area contributed by atoms with E-state index in [9.17, 15) is 27.6 Å². The Kier molecular flexibility index (Phi) is 8.23. The van der Waals surface area contributed by atoms with E-state index in [0.29, 0.717) is 35.4 Å². The number of anilines is 1. The maximum Gasteiger partial charge on any atom is 0.416 e. The van der Waals surface area contributed by atoms with Gasteiger partial charge in [0.05, 0.1) is 17.1 Å². The van der Waals surface area contributed by atoms with Crippen LogP contribution in [-0.4, -0.2) is 41.7 Å². The molecular weight excluding hydrogens is 485 g/mol. The molecule has 7 nitrogen and oxygen atoms in total. The van der Waals surface area contributed by atoms with Crippen molar-refractivity contribution in [3.63, 3.8) is 0 Å². The molecule has 1 fully saturated rings. The molecule has 1 heterocycles. The molecular formula is C24H21F3N2O5S. The second kappa shape index (κ2) is 11.1. The number of alkyl halides is 3. The lowest BCUT2D eigenvalue weighted by atomic mass is 10.2. The fraction of sp³-hybridized carbons (Fsp3) is 0.208. The van der Waals surface area contributed by atoms with E-state index < -0.39 is 35.3 Å². The van der Waals surface area contributed by atoms with Crippen molar-refractivity contribution in [1.29, 1.82) is 0 Å². The summed E-state index contributed by atoms with van der Waals surface area (Å²) in [6, 6.07) is 9.04. The summed E-state index contributed by atoms with van der Waals surface area (Å²) in [5.74, 6) is -0.564. The molecule has 3 rings (SSSR count). The molecule has 0 bridgehead atoms. The van der Waals surface area contributed by atoms with Crippen molar-refractivity contribution in [1.82, 2.24) is 4.90 Å². The van der Waals surface area contributed by atoms with Crippen molar-refractivity contribution in [2.24, 2.45) is 0 Å². The summed E-state index contributed by atoms with van der Waals surface area (Å²) in [5.41, 5.74) is -0.468. The van der Waals surface area contributed by atoms with E-state index in [-0.39, 0.29) is 17.2 Å². The molecule has 0 aliphatic carbocycles. The number of carbonyl (C=O) groups excluding carboxylic acids is 3. The van der Waals surface area contributed by atoms with Gasteiger partial charge in [-0.05, 0) is 60.7 Å². The second-order valence-electron chi connectivity index (χ2n) is 7.13. The maximum atomic E-state index is 12.9. The molecule has 184 valence electrons. The van der Waals surface area contributed by atoms with Crippen LogP contribution in [0.15, 0.2) is 60.0 Å². The second-order valence-corrected chi connectivity index (χ2v) is 8.13. The smallest absolute Gasteiger partial charge is 0.416 e. The van der Waals surface area contributed by atoms with Gasteiger partial charge < -0.3 is 14.8 Å². The number of halogens is 3. The molecule has 0 spiro atoms. The Bertz CT molecular complexity index is 1180. The summed E-state index contributed by atoms with van der Waals surface area (Å²) in [5, 5.41) is 1.61. The molecule has 2 aromatic rings. The molecule has 0 saturated carbocycles. The zero-order chi connectivity index (χ0) is 25.6. The van der Waals surface area contributed by atoms with Gasteiger partial charge in [-0.3, -0.25) is 19.3 Å². The first-order valence-electron chi connectivity index (χ1n) is 10.4. The van der Waals surface area contributed by atoms with E-state index in [1.165, 1.54) is 12.1 Å². The average molecular weight is 507 g/mol. The lowest BCUT2D eigenvalue weighted by Gasteiger charge is -2.13. The molecule has 1 aliphatic heterocycles. The third-order valence-corrected chi connectivity index (χ3v) is 5.48. The molecule has 0 aromatic heterocycles. The van der Waals surface area contributed by atoms with Crippen molar-refractivity contribution < 1.29 is 37.0 Å². The Morgan fingerprint density at radius 1 is 1.14 bits per heavy atom. The van der Waals surface area contributed by atoms with Crippen LogP contribution in [-0.2, 0) is 15.8 Å². The summed E-state index contributed by atoms with van der Waals surface area (Å²) < 4.78 is 49.7. The highest BCUT2D eigenvalue weighted by molar-refractivity contribution is 8.18. The predicted octanol–water partition coefficient (Wildman–Crippen LogP) is 5.34. The minimum atomic E-state index is -4.57. The Morgan fingerprint density at radius 2 is 1.91 bits per heavy atom. The van der Waals surface area contributed by atoms with Crippen molar-refractivity contribution in [2.75, 3.05) is 25.1 Å². The first kappa shape index (κ1) is 25.9. The number of amides is 3. The Hall–Kier alpha value is -3.73. The number of carbonyl (C=O) groups is 3. The highest BCUT2D eigenvalue weighted by atomic mass is 32.2. The predicted molar refractivity (Wildman–Crippen MR) is 126 cm³/mol. The average Bonchev–Trinajstić information content (AvgIpc) is 3.05. The molecule has 3 amide bonds. The van der Waals surface area contributed by atoms with Crippen LogP contribution < -0.4 is 14.8 Å². The quantitative estimate of drug-likeness (QED) is 0.365. The monoisotopic (exact) mass is 506 g/mol. The van der Waals surface area contributed by atoms with E-state index in [4.69, 9.17) is 9.47 Å². The lowest BCUT2D eigenvalue weighted by molar-refractivity contribution is -0.137. The topological polar surface area (TPSA) is 84.9 Å². The van der Waals surface area contributed by atoms with Gasteiger partial charge in [0.25, 0.3) is 11.1 Å². The van der Waals surface area contributed by atoms with Gasteiger partial charge >= 0.3 is 6.18 Å². The van der Waals surface area contributed by atoms with Gasteiger partial charge in [-0.2, -0.15) is 13.2 Å². The van der Waals surface area contributed by atoms with E-state index >= 15 is 0 Å². The first-order valence-corrected chi connectivity index (χ1v) is 11.2. The number of thioether (sulfide) groups is 1. The van der Waals surface area contributed by atoms with Crippen LogP contribution in [0.1, 0.15) is 18.1 Å². The van der Waals surface area contributed by atoms with Crippen LogP contribution in [0.4, 0.5) is 23.7 Å². The van der Waals surface area contributed by atoms with Crippen molar-refractivity contribution in [3.05, 3.63) is 71.2 Å². The van der Waals surface area contributed by atoms with Crippen LogP contribution in [0.5, 0.6) is 11.5 Å². The number of imide groups is 1. The zero-order valence-corrected chi connectivity index (χ0v) is 19.4. The lowest BCUT2D eigenvalue weighted by Crippen LogP contribution is -2.36. The van der Waals surface area contributed by atoms with Crippen LogP contribution >= 0.6 is 11.8 Å². The molecule has 2 aromatic carbocycles. The molecule has 1 N–H and O–H groups in total. The normalized spacial score (nSPS) is 14.9. The van der Waals surface area contributed by atoms with Gasteiger partial charge in [-0.25, -0.2) is 0 Å². The van der Waals surface area contributed by atoms with Crippen molar-refractivity contribution >= 4 is 40.6 Å². The van der Waals surface area contributed by atoms with E-state index in [2.05, 4.69) is 11.9 Å². The van der Waals surface area contributed by atoms with Gasteiger partial charge in [0.1, 0.15) is 13.2 Å². The van der Waals surface area contributed by atoms with Crippen LogP contribution in [0.3, 0.4) is 0 Å². The number of nitrogens with zero attached hydrogens (tertiary/aromatic N) is 1. The molecule has 0 atom stereocenters. The molecule has 1 aliphatic rings. The van der Waals surface area contributed by atoms with Gasteiger partial charge in [0.2, 0.25) is 5.91 Å². The summed E-state index contributed by atoms with van der Waals surface area (Å²) in [6.07, 6.45) is -1.51. The Morgan fingerprint density at radius 3 is 2.60 bits per heavy atom. The number of hydrogen-bond acceptors (Lipinski definition) is 6. The molecule has 11 heteroatoms. The fourth-order valence-corrected chi connectivity index (χ4v) is 3.89. The third kappa shape index (κ3) is 6.66. The van der Waals surface area contributed by atoms with E-state index in [1.807, 2.05) is 0 Å². The van der Waals surface area contributed by atoms with Crippen LogP contribution in [0, 0.1) is 0 Å². The zero-order valence-electron chi connectivity index (χ0n) is 18.6. The van der Waals surface area contributed by atoms with Gasteiger partial charge in [0, 0.05) is 5.69 Å². The van der Waals surface area contributed by atoms with Crippen molar-refractivity contribution in [2.45, 2.75) is 13.1 Å². The third-order valence-electron chi connectivity index (χ3n) is 4.57. The van der Waals surface area contributed by atoms with Crippen LogP contribution in [0.25, 0.3) is 6.08 Å². The highest BCUT2D eigenvalue weighted by Crippen LogP contribution is 2.35. The molecule has 1 saturated heterocycles. The number of hydrogen-bond donors (Lipinski definition) is 1. The largest absolute Gasteiger partial charge is 0.490 e. The van der Waals surface area contributed by atoms with E-state index in [1.54, 1.807) is 31.2 Å². The summed E-state index contributed by atoms with van der Waals surface area (Å²) >= 11 is 0.652. The maximum absolute atomic E-state index is 12.9. The summed E-state index contributed by atoms with van der Waals surface area (Å²) in [7, 11) is 0. The summed E-state index contributed by atoms with van der Waals surface area (Å²) in [6.45, 7) is 5.41. The minimum absolute atomic E-state index is 0.0871. The molecule has 0 unspecified atom stereocenters. The number of ether oxygens (including phenoxy) is 2. The standard InChI is InChI=1S/C24H21F3N2O5S/c1-3-10-34-18-9-8-15(11-19(18)33-4-2)12-20-22(31)29(23(32)35-20)14-21(30)28-17-7-5-6-16(13-17)24(25,26)27/h3,5-9,11-13H,1,4,10,14H2,2H3,(H,28,30)/b20-12-. The molecule has 0 radical (unpaired) electrons.